The van der Waals surface area contributed by atoms with Crippen molar-refractivity contribution in [3.63, 3.8) is 0 Å². The van der Waals surface area contributed by atoms with Gasteiger partial charge in [0, 0.05) is 31.1 Å². The lowest BCUT2D eigenvalue weighted by Crippen LogP contribution is -2.36. The lowest BCUT2D eigenvalue weighted by Gasteiger charge is -2.27. The van der Waals surface area contributed by atoms with Gasteiger partial charge in [0.25, 0.3) is 5.91 Å². The zero-order valence-electron chi connectivity index (χ0n) is 14.3. The molecule has 5 heteroatoms. The summed E-state index contributed by atoms with van der Waals surface area (Å²) in [6.45, 7) is 9.10. The van der Waals surface area contributed by atoms with Gasteiger partial charge in [-0.3, -0.25) is 9.69 Å². The largest absolute Gasteiger partial charge is 0.379 e. The number of carbonyl (C=O) groups excluding carboxylic acids is 1. The predicted molar refractivity (Wildman–Crippen MR) is 97.5 cm³/mol. The molecule has 1 aromatic carbocycles. The summed E-state index contributed by atoms with van der Waals surface area (Å²) >= 11 is 1.56. The molecule has 0 unspecified atom stereocenters. The van der Waals surface area contributed by atoms with Gasteiger partial charge in [0.2, 0.25) is 0 Å². The van der Waals surface area contributed by atoms with Crippen molar-refractivity contribution >= 4 is 17.2 Å². The van der Waals surface area contributed by atoms with E-state index in [0.29, 0.717) is 6.54 Å². The van der Waals surface area contributed by atoms with Gasteiger partial charge in [0.05, 0.1) is 18.1 Å². The van der Waals surface area contributed by atoms with Gasteiger partial charge < -0.3 is 10.1 Å². The minimum Gasteiger partial charge on any atom is -0.379 e. The molecule has 4 nitrogen and oxygen atoms in total. The smallest absolute Gasteiger partial charge is 0.261 e. The van der Waals surface area contributed by atoms with Crippen LogP contribution >= 0.6 is 11.3 Å². The van der Waals surface area contributed by atoms with E-state index in [1.165, 1.54) is 21.6 Å². The summed E-state index contributed by atoms with van der Waals surface area (Å²) in [6, 6.07) is 10.3. The molecule has 1 aliphatic rings. The van der Waals surface area contributed by atoms with E-state index in [9.17, 15) is 4.79 Å². The number of morpholine rings is 1. The Morgan fingerprint density at radius 1 is 1.21 bits per heavy atom. The Balaban J connectivity index is 1.63. The molecule has 1 amide bonds. The lowest BCUT2D eigenvalue weighted by molar-refractivity contribution is 0.0340. The molecule has 1 N–H and O–H groups in total. The van der Waals surface area contributed by atoms with Crippen LogP contribution in [0.15, 0.2) is 30.3 Å². The van der Waals surface area contributed by atoms with Crippen LogP contribution < -0.4 is 5.32 Å². The summed E-state index contributed by atoms with van der Waals surface area (Å²) in [5.41, 5.74) is 3.64. The van der Waals surface area contributed by atoms with Crippen molar-refractivity contribution < 1.29 is 9.53 Å². The van der Waals surface area contributed by atoms with Crippen molar-refractivity contribution in [3.05, 3.63) is 56.8 Å². The molecule has 0 saturated carbocycles. The van der Waals surface area contributed by atoms with E-state index in [1.807, 2.05) is 19.1 Å². The minimum absolute atomic E-state index is 0.0115. The highest BCUT2D eigenvalue weighted by molar-refractivity contribution is 7.14. The first-order chi connectivity index (χ1) is 11.6. The number of hydrogen-bond donors (Lipinski definition) is 1. The maximum atomic E-state index is 12.4. The Hall–Kier alpha value is -1.69. The standard InChI is InChI=1S/C19H24N2O2S/c1-14-11-18(24-15(14)2)19(22)20-12-16-5-3-4-6-17(16)13-21-7-9-23-10-8-21/h3-6,11H,7-10,12-13H2,1-2H3,(H,20,22). The van der Waals surface area contributed by atoms with Crippen LogP contribution in [0.2, 0.25) is 0 Å². The third-order valence-electron chi connectivity index (χ3n) is 4.45. The first-order valence-corrected chi connectivity index (χ1v) is 9.17. The van der Waals surface area contributed by atoms with E-state index in [4.69, 9.17) is 4.74 Å². The van der Waals surface area contributed by atoms with Gasteiger partial charge in [-0.1, -0.05) is 24.3 Å². The SMILES string of the molecule is Cc1cc(C(=O)NCc2ccccc2CN2CCOCC2)sc1C. The molecule has 128 valence electrons. The van der Waals surface area contributed by atoms with Gasteiger partial charge in [0.15, 0.2) is 0 Å². The van der Waals surface area contributed by atoms with E-state index in [2.05, 4.69) is 35.3 Å². The van der Waals surface area contributed by atoms with Crippen molar-refractivity contribution in [2.45, 2.75) is 26.9 Å². The summed E-state index contributed by atoms with van der Waals surface area (Å²) in [7, 11) is 0. The molecule has 0 radical (unpaired) electrons. The number of hydrogen-bond acceptors (Lipinski definition) is 4. The van der Waals surface area contributed by atoms with Crippen molar-refractivity contribution in [1.82, 2.24) is 10.2 Å². The molecule has 0 atom stereocenters. The molecule has 1 saturated heterocycles. The van der Waals surface area contributed by atoms with E-state index >= 15 is 0 Å². The molecule has 24 heavy (non-hydrogen) atoms. The Morgan fingerprint density at radius 3 is 2.58 bits per heavy atom. The fraction of sp³-hybridized carbons (Fsp3) is 0.421. The normalized spacial score (nSPS) is 15.4. The summed E-state index contributed by atoms with van der Waals surface area (Å²) < 4.78 is 5.41. The summed E-state index contributed by atoms with van der Waals surface area (Å²) in [6.07, 6.45) is 0. The summed E-state index contributed by atoms with van der Waals surface area (Å²) in [4.78, 5) is 16.7. The van der Waals surface area contributed by atoms with Gasteiger partial charge in [-0.05, 0) is 36.6 Å². The van der Waals surface area contributed by atoms with Gasteiger partial charge in [-0.15, -0.1) is 11.3 Å². The second-order valence-electron chi connectivity index (χ2n) is 6.19. The third kappa shape index (κ3) is 4.23. The number of rotatable bonds is 5. The lowest BCUT2D eigenvalue weighted by atomic mass is 10.1. The average molecular weight is 344 g/mol. The second-order valence-corrected chi connectivity index (χ2v) is 7.45. The number of amides is 1. The quantitative estimate of drug-likeness (QED) is 0.906. The molecule has 0 aliphatic carbocycles. The molecular formula is C19H24N2O2S. The number of carbonyl (C=O) groups is 1. The van der Waals surface area contributed by atoms with Gasteiger partial charge >= 0.3 is 0 Å². The van der Waals surface area contributed by atoms with E-state index in [-0.39, 0.29) is 5.91 Å². The van der Waals surface area contributed by atoms with Crippen LogP contribution in [0.25, 0.3) is 0 Å². The minimum atomic E-state index is 0.0115. The number of aryl methyl sites for hydroxylation is 2. The van der Waals surface area contributed by atoms with Crippen LogP contribution in [0.5, 0.6) is 0 Å². The topological polar surface area (TPSA) is 41.6 Å². The summed E-state index contributed by atoms with van der Waals surface area (Å²) in [5, 5.41) is 3.06. The Morgan fingerprint density at radius 2 is 1.92 bits per heavy atom. The Labute approximate surface area is 147 Å². The molecule has 0 spiro atoms. The van der Waals surface area contributed by atoms with E-state index < -0.39 is 0 Å². The number of nitrogens with one attached hydrogen (secondary N) is 1. The monoisotopic (exact) mass is 344 g/mol. The highest BCUT2D eigenvalue weighted by Gasteiger charge is 2.14. The first-order valence-electron chi connectivity index (χ1n) is 8.35. The van der Waals surface area contributed by atoms with Crippen LogP contribution in [-0.4, -0.2) is 37.1 Å². The number of nitrogens with zero attached hydrogens (tertiary/aromatic N) is 1. The third-order valence-corrected chi connectivity index (χ3v) is 5.60. The maximum absolute atomic E-state index is 12.4. The second kappa shape index (κ2) is 7.92. The fourth-order valence-electron chi connectivity index (χ4n) is 2.83. The fourth-order valence-corrected chi connectivity index (χ4v) is 3.78. The molecule has 2 aromatic rings. The van der Waals surface area contributed by atoms with Gasteiger partial charge in [-0.2, -0.15) is 0 Å². The number of thiophene rings is 1. The molecule has 1 fully saturated rings. The Bertz CT molecular complexity index is 686. The van der Waals surface area contributed by atoms with Crippen molar-refractivity contribution in [3.8, 4) is 0 Å². The van der Waals surface area contributed by atoms with Crippen LogP contribution in [0.1, 0.15) is 31.2 Å². The maximum Gasteiger partial charge on any atom is 0.261 e. The summed E-state index contributed by atoms with van der Waals surface area (Å²) in [5.74, 6) is 0.0115. The molecule has 3 rings (SSSR count). The van der Waals surface area contributed by atoms with Gasteiger partial charge in [-0.25, -0.2) is 0 Å². The highest BCUT2D eigenvalue weighted by atomic mass is 32.1. The molecule has 1 aliphatic heterocycles. The van der Waals surface area contributed by atoms with Gasteiger partial charge in [0.1, 0.15) is 0 Å². The molecule has 1 aromatic heterocycles. The van der Waals surface area contributed by atoms with Crippen molar-refractivity contribution in [2.24, 2.45) is 0 Å². The Kier molecular flexibility index (Phi) is 5.66. The average Bonchev–Trinajstić information content (AvgIpc) is 2.94. The molecular weight excluding hydrogens is 320 g/mol. The van der Waals surface area contributed by atoms with Crippen LogP contribution in [-0.2, 0) is 17.8 Å². The molecule has 0 bridgehead atoms. The molecule has 2 heterocycles. The van der Waals surface area contributed by atoms with Crippen molar-refractivity contribution in [2.75, 3.05) is 26.3 Å². The number of benzene rings is 1. The van der Waals surface area contributed by atoms with Crippen LogP contribution in [0.3, 0.4) is 0 Å². The first kappa shape index (κ1) is 17.1. The zero-order valence-corrected chi connectivity index (χ0v) is 15.1. The van der Waals surface area contributed by atoms with Crippen LogP contribution in [0, 0.1) is 13.8 Å². The van der Waals surface area contributed by atoms with Crippen molar-refractivity contribution in [1.29, 1.82) is 0 Å². The number of ether oxygens (including phenoxy) is 1. The van der Waals surface area contributed by atoms with E-state index in [0.717, 1.165) is 37.7 Å². The zero-order chi connectivity index (χ0) is 16.9. The van der Waals surface area contributed by atoms with Crippen LogP contribution in [0.4, 0.5) is 0 Å². The predicted octanol–water partition coefficient (Wildman–Crippen LogP) is 3.13. The van der Waals surface area contributed by atoms with E-state index in [1.54, 1.807) is 11.3 Å². The highest BCUT2D eigenvalue weighted by Crippen LogP contribution is 2.20.